The maximum absolute atomic E-state index is 9.99. The molecule has 0 radical (unpaired) electrons. The normalized spacial score (nSPS) is 24.2. The number of halogens is 2. The molecular formula is C13H17Br2NO2. The number of hydrogen-bond donors (Lipinski definition) is 3. The van der Waals surface area contributed by atoms with Crippen LogP contribution < -0.4 is 5.32 Å². The Balaban J connectivity index is 1.92. The Morgan fingerprint density at radius 1 is 1.17 bits per heavy atom. The number of nitrogens with one attached hydrogen (secondary N) is 1. The van der Waals surface area contributed by atoms with E-state index in [1.54, 1.807) is 0 Å². The quantitative estimate of drug-likeness (QED) is 0.756. The fourth-order valence-electron chi connectivity index (χ4n) is 2.26. The van der Waals surface area contributed by atoms with Crippen molar-refractivity contribution in [2.45, 2.75) is 44.4 Å². The van der Waals surface area contributed by atoms with E-state index in [9.17, 15) is 10.2 Å². The van der Waals surface area contributed by atoms with E-state index in [0.29, 0.717) is 17.1 Å². The monoisotopic (exact) mass is 377 g/mol. The summed E-state index contributed by atoms with van der Waals surface area (Å²) < 4.78 is 1.55. The van der Waals surface area contributed by atoms with Gasteiger partial charge >= 0.3 is 0 Å². The molecule has 1 aromatic rings. The van der Waals surface area contributed by atoms with E-state index in [4.69, 9.17) is 0 Å². The van der Waals surface area contributed by atoms with Gasteiger partial charge in [-0.25, -0.2) is 0 Å². The van der Waals surface area contributed by atoms with Crippen LogP contribution in [0.15, 0.2) is 21.1 Å². The molecule has 0 unspecified atom stereocenters. The standard InChI is InChI=1S/C13H17Br2NO2/c14-11-6-1-8(13(18)12(11)15)7-16-9-2-4-10(17)5-3-9/h1,6,9-10,16-18H,2-5,7H2. The molecule has 2 rings (SSSR count). The van der Waals surface area contributed by atoms with Crippen molar-refractivity contribution in [1.82, 2.24) is 5.32 Å². The van der Waals surface area contributed by atoms with Gasteiger partial charge in [-0.3, -0.25) is 0 Å². The lowest BCUT2D eigenvalue weighted by Crippen LogP contribution is -2.34. The molecule has 100 valence electrons. The van der Waals surface area contributed by atoms with E-state index in [-0.39, 0.29) is 11.9 Å². The second-order valence-electron chi connectivity index (χ2n) is 4.76. The van der Waals surface area contributed by atoms with Gasteiger partial charge < -0.3 is 15.5 Å². The molecule has 18 heavy (non-hydrogen) atoms. The minimum atomic E-state index is -0.127. The fraction of sp³-hybridized carbons (Fsp3) is 0.538. The largest absolute Gasteiger partial charge is 0.506 e. The minimum Gasteiger partial charge on any atom is -0.506 e. The average Bonchev–Trinajstić information content (AvgIpc) is 2.37. The van der Waals surface area contributed by atoms with Gasteiger partial charge in [0.15, 0.2) is 0 Å². The van der Waals surface area contributed by atoms with E-state index in [0.717, 1.165) is 35.7 Å². The lowest BCUT2D eigenvalue weighted by atomic mass is 9.93. The Kier molecular flexibility index (Phi) is 5.06. The SMILES string of the molecule is Oc1c(CNC2CCC(O)CC2)ccc(Br)c1Br. The van der Waals surface area contributed by atoms with Gasteiger partial charge in [0.05, 0.1) is 10.6 Å². The smallest absolute Gasteiger partial charge is 0.135 e. The number of phenols is 1. The third kappa shape index (κ3) is 3.47. The topological polar surface area (TPSA) is 52.5 Å². The van der Waals surface area contributed by atoms with Crippen LogP contribution >= 0.6 is 31.9 Å². The first-order valence-electron chi connectivity index (χ1n) is 6.15. The molecule has 1 saturated carbocycles. The molecule has 0 heterocycles. The Labute approximate surface area is 124 Å². The van der Waals surface area contributed by atoms with E-state index in [2.05, 4.69) is 37.2 Å². The maximum atomic E-state index is 9.99. The molecule has 0 amide bonds. The number of aromatic hydroxyl groups is 1. The van der Waals surface area contributed by atoms with E-state index in [1.807, 2.05) is 12.1 Å². The van der Waals surface area contributed by atoms with Gasteiger partial charge in [0.25, 0.3) is 0 Å². The van der Waals surface area contributed by atoms with Crippen molar-refractivity contribution >= 4 is 31.9 Å². The molecule has 1 aromatic carbocycles. The van der Waals surface area contributed by atoms with Crippen molar-refractivity contribution in [3.05, 3.63) is 26.6 Å². The summed E-state index contributed by atoms with van der Waals surface area (Å²) in [6.45, 7) is 0.651. The van der Waals surface area contributed by atoms with Crippen molar-refractivity contribution in [3.63, 3.8) is 0 Å². The van der Waals surface area contributed by atoms with Gasteiger partial charge in [-0.1, -0.05) is 6.07 Å². The summed E-state index contributed by atoms with van der Waals surface area (Å²) in [6, 6.07) is 4.27. The maximum Gasteiger partial charge on any atom is 0.135 e. The van der Waals surface area contributed by atoms with Crippen LogP contribution in [0.1, 0.15) is 31.2 Å². The van der Waals surface area contributed by atoms with Crippen LogP contribution in [0.5, 0.6) is 5.75 Å². The molecule has 3 N–H and O–H groups in total. The van der Waals surface area contributed by atoms with Gasteiger partial charge in [0, 0.05) is 22.6 Å². The Morgan fingerprint density at radius 3 is 2.50 bits per heavy atom. The number of hydrogen-bond acceptors (Lipinski definition) is 3. The second kappa shape index (κ2) is 6.37. The lowest BCUT2D eigenvalue weighted by molar-refractivity contribution is 0.116. The number of rotatable bonds is 3. The number of benzene rings is 1. The minimum absolute atomic E-state index is 0.127. The van der Waals surface area contributed by atoms with Crippen LogP contribution in [-0.4, -0.2) is 22.4 Å². The molecule has 5 heteroatoms. The van der Waals surface area contributed by atoms with E-state index in [1.165, 1.54) is 0 Å². The van der Waals surface area contributed by atoms with Crippen LogP contribution in [0.25, 0.3) is 0 Å². The highest BCUT2D eigenvalue weighted by Gasteiger charge is 2.19. The van der Waals surface area contributed by atoms with Gasteiger partial charge in [0.2, 0.25) is 0 Å². The summed E-state index contributed by atoms with van der Waals surface area (Å²) in [5, 5.41) is 22.9. The Bertz CT molecular complexity index is 418. The summed E-state index contributed by atoms with van der Waals surface area (Å²) in [7, 11) is 0. The first-order chi connectivity index (χ1) is 8.58. The first kappa shape index (κ1) is 14.3. The molecule has 0 aliphatic heterocycles. The lowest BCUT2D eigenvalue weighted by Gasteiger charge is -2.26. The summed E-state index contributed by atoms with van der Waals surface area (Å²) in [4.78, 5) is 0. The van der Waals surface area contributed by atoms with Crippen molar-refractivity contribution in [3.8, 4) is 5.75 Å². The molecule has 0 spiro atoms. The number of aliphatic hydroxyl groups is 1. The predicted molar refractivity (Wildman–Crippen MR) is 78.6 cm³/mol. The van der Waals surface area contributed by atoms with Crippen molar-refractivity contribution in [2.75, 3.05) is 0 Å². The number of aliphatic hydroxyl groups excluding tert-OH is 1. The summed E-state index contributed by atoms with van der Waals surface area (Å²) in [6.07, 6.45) is 3.61. The highest BCUT2D eigenvalue weighted by molar-refractivity contribution is 9.13. The van der Waals surface area contributed by atoms with Crippen molar-refractivity contribution in [2.24, 2.45) is 0 Å². The van der Waals surface area contributed by atoms with Crippen LogP contribution in [0.3, 0.4) is 0 Å². The summed E-state index contributed by atoms with van der Waals surface area (Å²) in [5.74, 6) is 0.285. The zero-order valence-corrected chi connectivity index (χ0v) is 13.2. The molecule has 1 aliphatic rings. The average molecular weight is 379 g/mol. The zero-order chi connectivity index (χ0) is 13.1. The molecule has 0 aromatic heterocycles. The molecule has 1 aliphatic carbocycles. The highest BCUT2D eigenvalue weighted by Crippen LogP contribution is 2.34. The van der Waals surface area contributed by atoms with Gasteiger partial charge in [-0.15, -0.1) is 0 Å². The third-order valence-corrected chi connectivity index (χ3v) is 5.43. The van der Waals surface area contributed by atoms with Crippen molar-refractivity contribution in [1.29, 1.82) is 0 Å². The second-order valence-corrected chi connectivity index (χ2v) is 6.40. The third-order valence-electron chi connectivity index (χ3n) is 3.43. The molecule has 0 bridgehead atoms. The van der Waals surface area contributed by atoms with Gasteiger partial charge in [0.1, 0.15) is 5.75 Å². The van der Waals surface area contributed by atoms with E-state index < -0.39 is 0 Å². The van der Waals surface area contributed by atoms with Gasteiger partial charge in [-0.2, -0.15) is 0 Å². The predicted octanol–water partition coefficient (Wildman–Crippen LogP) is 3.31. The summed E-state index contributed by atoms with van der Waals surface area (Å²) >= 11 is 6.71. The summed E-state index contributed by atoms with van der Waals surface area (Å²) in [5.41, 5.74) is 0.885. The first-order valence-corrected chi connectivity index (χ1v) is 7.74. The van der Waals surface area contributed by atoms with Crippen LogP contribution in [0.4, 0.5) is 0 Å². The van der Waals surface area contributed by atoms with Crippen molar-refractivity contribution < 1.29 is 10.2 Å². The molecule has 0 atom stereocenters. The van der Waals surface area contributed by atoms with Crippen LogP contribution in [-0.2, 0) is 6.54 Å². The Morgan fingerprint density at radius 2 is 1.83 bits per heavy atom. The highest BCUT2D eigenvalue weighted by atomic mass is 79.9. The Hall–Kier alpha value is -0.100. The molecular weight excluding hydrogens is 362 g/mol. The molecule has 3 nitrogen and oxygen atoms in total. The molecule has 1 fully saturated rings. The fourth-order valence-corrected chi connectivity index (χ4v) is 2.96. The van der Waals surface area contributed by atoms with Crippen LogP contribution in [0, 0.1) is 0 Å². The molecule has 0 saturated heterocycles. The number of phenolic OH excluding ortho intramolecular Hbond substituents is 1. The van der Waals surface area contributed by atoms with Crippen LogP contribution in [0.2, 0.25) is 0 Å². The van der Waals surface area contributed by atoms with Gasteiger partial charge in [-0.05, 0) is 63.6 Å². The zero-order valence-electron chi connectivity index (χ0n) is 10.00. The van der Waals surface area contributed by atoms with E-state index >= 15 is 0 Å².